The third-order valence-corrected chi connectivity index (χ3v) is 14.3. The molecule has 0 aromatic heterocycles. The molecule has 7 aliphatic rings. The molecule has 0 aliphatic heterocycles. The smallest absolute Gasteiger partial charge is 0.281 e. The second-order valence-corrected chi connectivity index (χ2v) is 20.4. The first-order valence-electron chi connectivity index (χ1n) is 30.3. The number of carbonyl (C=O) groups excluding carboxylic acids is 15. The molecule has 53 heteroatoms. The summed E-state index contributed by atoms with van der Waals surface area (Å²) in [7, 11) is 0. The second kappa shape index (κ2) is 46.5. The van der Waals surface area contributed by atoms with Gasteiger partial charge in [0.1, 0.15) is 0 Å². The summed E-state index contributed by atoms with van der Waals surface area (Å²) in [5, 5.41) is 143. The molecule has 0 atom stereocenters. The lowest BCUT2D eigenvalue weighted by Gasteiger charge is -2.32. The van der Waals surface area contributed by atoms with Gasteiger partial charge in [0.2, 0.25) is 65.0 Å². The van der Waals surface area contributed by atoms with Gasteiger partial charge in [0.25, 0.3) is 126 Å². The van der Waals surface area contributed by atoms with Gasteiger partial charge < -0.3 is 0 Å². The Morgan fingerprint density at radius 1 is 0.162 bits per heavy atom. The molecule has 0 unspecified atom stereocenters. The van der Waals surface area contributed by atoms with Gasteiger partial charge in [-0.25, -0.2) is 121 Å². The van der Waals surface area contributed by atoms with Gasteiger partial charge in [0.15, 0.2) is 45.2 Å². The zero-order chi connectivity index (χ0) is 99.8. The maximum absolute atomic E-state index is 11.9. The minimum atomic E-state index is -1.19. The number of aliphatic imine (C=N–C) groups is 5. The summed E-state index contributed by atoms with van der Waals surface area (Å²) in [5.41, 5.74) is -15.3. The lowest BCUT2D eigenvalue weighted by Crippen LogP contribution is -2.65. The second-order valence-electron chi connectivity index (χ2n) is 20.4. The molecular weight excluding hydrogens is 1710 g/mol. The van der Waals surface area contributed by atoms with Crippen LogP contribution < -0.4 is 42.6 Å². The highest BCUT2D eigenvalue weighted by molar-refractivity contribution is 7.11. The quantitative estimate of drug-likeness (QED) is 0.0599. The number of allylic oxidation sites excluding steroid dienone is 16. The Morgan fingerprint density at radius 3 is 0.515 bits per heavy atom. The van der Waals surface area contributed by atoms with Crippen LogP contribution in [0.3, 0.4) is 0 Å². The molecule has 2 aromatic carbocycles. The van der Waals surface area contributed by atoms with Crippen molar-refractivity contribution in [3.63, 3.8) is 0 Å². The average Bonchev–Trinajstić information content (AvgIpc) is 0.726. The van der Waals surface area contributed by atoms with E-state index < -0.39 is 220 Å². The highest BCUT2D eigenvalue weighted by Gasteiger charge is 2.49. The number of nitriles is 17. The van der Waals surface area contributed by atoms with Crippen LogP contribution in [0.1, 0.15) is 0 Å². The minimum Gasteiger partial charge on any atom is -0.292 e. The van der Waals surface area contributed by atoms with Gasteiger partial charge in [0.05, 0.1) is 168 Å². The highest BCUT2D eigenvalue weighted by atomic mass is 16.2. The molecule has 9 rings (SSSR count). The number of ketones is 15. The van der Waals surface area contributed by atoms with Crippen LogP contribution >= 0.6 is 0 Å². The molecule has 0 bridgehead atoms. The number of hydrogen-bond donors (Lipinski definition) is 0. The highest BCUT2D eigenvalue weighted by Crippen LogP contribution is 2.51. The monoisotopic (exact) mass is 1700 g/mol. The van der Waals surface area contributed by atoms with Gasteiger partial charge in [0, 0.05) is 21.6 Å². The van der Waals surface area contributed by atoms with Gasteiger partial charge in [-0.15, -0.1) is 0 Å². The van der Waals surface area contributed by atoms with Crippen LogP contribution in [0.5, 0.6) is 0 Å². The van der Waals surface area contributed by atoms with Gasteiger partial charge >= 0.3 is 0 Å². The van der Waals surface area contributed by atoms with E-state index in [-0.39, 0.29) is 50.4 Å². The van der Waals surface area contributed by atoms with Crippen LogP contribution in [0.4, 0.5) is 0 Å². The summed E-state index contributed by atoms with van der Waals surface area (Å²) >= 11 is 0. The van der Waals surface area contributed by atoms with Gasteiger partial charge in [-0.1, -0.05) is 0 Å². The maximum Gasteiger partial charge on any atom is 0.281 e. The number of hydrogen-bond acceptors (Lipinski definition) is 41. The van der Waals surface area contributed by atoms with Crippen LogP contribution in [-0.4, -0.2) is 115 Å². The molecule has 130 heavy (non-hydrogen) atoms. The zero-order valence-corrected chi connectivity index (χ0v) is 61.5. The van der Waals surface area contributed by atoms with Crippen molar-refractivity contribution in [3.8, 4) is 104 Å². The lowest BCUT2D eigenvalue weighted by atomic mass is 9.70. The van der Waals surface area contributed by atoms with E-state index in [4.69, 9.17) is 168 Å². The molecule has 0 amide bonds. The summed E-state index contributed by atoms with van der Waals surface area (Å²) in [6.07, 6.45) is 6.52. The van der Waals surface area contributed by atoms with E-state index in [0.717, 1.165) is 0 Å². The van der Waals surface area contributed by atoms with Crippen LogP contribution in [0.2, 0.25) is 0 Å². The summed E-state index contributed by atoms with van der Waals surface area (Å²) in [6, 6.07) is 17.8. The Balaban J connectivity index is 0.000000743. The summed E-state index contributed by atoms with van der Waals surface area (Å²) in [4.78, 5) is 250. The third kappa shape index (κ3) is 19.9. The first-order chi connectivity index (χ1) is 61.8. The van der Waals surface area contributed by atoms with Crippen LogP contribution in [0.15, 0.2) is 134 Å². The molecule has 7 fully saturated rings. The molecule has 0 N–H and O–H groups in total. The third-order valence-electron chi connectivity index (χ3n) is 14.3. The van der Waals surface area contributed by atoms with Crippen molar-refractivity contribution in [1.29, 1.82) is 89.5 Å². The Kier molecular flexibility index (Phi) is 36.6. The Hall–Kier alpha value is -25.8. The van der Waals surface area contributed by atoms with E-state index in [1.54, 1.807) is 24.3 Å². The van der Waals surface area contributed by atoms with Crippen molar-refractivity contribution in [2.24, 2.45) is 25.0 Å². The van der Waals surface area contributed by atoms with Gasteiger partial charge in [-0.05, 0) is 27.9 Å². The molecule has 592 valence electrons. The Bertz CT molecular complexity index is 7560. The Morgan fingerprint density at radius 2 is 0.315 bits per heavy atom. The SMILES string of the molecule is N#CN=C1C(=O)C(=NC#N)C1=O.N#CN=C1C(=O)C(=O)C1=NC#N.N#CN=C1C(=O)C(=O)C1=O.O=C1C(=O)C(=O)C1=O.[C-]#[N+]/C(C#N)=c1\c(=O)c(=O)\c1=C(/C#N)[N+]#[C-].[C-]#[N+]C(C#N)=C1/C(=C(/C#N)[N+]#[C-])C(=O)/C1=C(\C#N)[N+]#[C-].[C-]#[N+]C(C#N)=C1C(=C(C#N)[N+]#[C-])C(=C(C#N)[N+]#[C-])C1=C(C#N)[N+]#[C-].[C-]#[N+]C(C#N)=C1C(=O)C(=O)C1=O.[C-]#[N+]C(C#N)=c1c(=O)c(=C(C#N)[N+]#[C-])c1=O. The maximum atomic E-state index is 11.9. The largest absolute Gasteiger partial charge is 0.292 e. The molecule has 0 spiro atoms. The molecule has 2 aromatic rings. The van der Waals surface area contributed by atoms with Crippen LogP contribution in [0.25, 0.3) is 80.9 Å². The zero-order valence-electron chi connectivity index (χ0n) is 61.5. The molecule has 53 nitrogen and oxygen atoms in total. The number of rotatable bonds is 0. The van der Waals surface area contributed by atoms with Crippen molar-refractivity contribution >= 4 is 138 Å². The molecule has 0 radical (unpaired) electrons. The van der Waals surface area contributed by atoms with E-state index in [0.29, 0.717) is 0 Å². The topological polar surface area (TPSA) is 843 Å². The standard InChI is InChI=1S/C16N8.C13N6O.2C10N4O2.C7N2O3.2C6N4O2.C5N2O3.C4O4/c1-21-9(5-17)13-14(10(6-18)22-2)16(12(8-20)24-4)15(13)11(7-19)23-3;1-17-7(4-14)10-11(8(5-15)18-2)13(20)12(10)9(6-16)19-3;1-13-5(3-11)7-9(15)8(10(7)16)6(4-12)14-2;1-13-5(3-11)7-8(6(4-12)14-2)10(16)9(7)15;1-9-3(2-8)4-5(10)7(12)6(4)11;7-1-9-3-5(11)4(6(3)12)10-2-8;7-1-9-3-4(10-2-8)6(12)5(3)11;6-1-7-2-3(8)5(10)4(2)9;5-1-2(6)4(8)3(1)7/b;11-8+,12-9+;;7-5-,8-6+;;;;;. The van der Waals surface area contributed by atoms with Crippen molar-refractivity contribution in [3.05, 3.63) is 289 Å². The van der Waals surface area contributed by atoms with Gasteiger partial charge in [-0.3, -0.25) is 91.1 Å². The molecule has 7 saturated carbocycles. The van der Waals surface area contributed by atoms with E-state index in [1.807, 2.05) is 0 Å². The fourth-order valence-electron chi connectivity index (χ4n) is 8.59. The summed E-state index contributed by atoms with van der Waals surface area (Å²) in [6.45, 7) is 81.3. The van der Waals surface area contributed by atoms with Crippen LogP contribution in [0, 0.1) is 272 Å². The average molecular weight is 1710 g/mol. The van der Waals surface area contributed by atoms with Crippen LogP contribution in [-0.2, 0) is 71.9 Å². The number of carbonyl (C=O) groups is 15. The molecule has 0 heterocycles. The van der Waals surface area contributed by atoms with E-state index in [1.165, 1.54) is 79.5 Å². The fourth-order valence-corrected chi connectivity index (χ4v) is 8.59. The molecule has 7 aliphatic carbocycles. The van der Waals surface area contributed by atoms with E-state index >= 15 is 0 Å². The Labute approximate surface area is 714 Å². The van der Waals surface area contributed by atoms with Crippen molar-refractivity contribution in [1.82, 2.24) is 0 Å². The summed E-state index contributed by atoms with van der Waals surface area (Å²) < 4.78 is 0. The predicted octanol–water partition coefficient (Wildman–Crippen LogP) is -4.51. The molecular formula is C77N34O19. The van der Waals surface area contributed by atoms with Gasteiger partial charge in [-0.2, -0.15) is 51.3 Å². The predicted molar refractivity (Wildman–Crippen MR) is 398 cm³/mol. The fraction of sp³-hybridized carbons (Fsp3) is 0. The molecule has 0 saturated heterocycles. The normalized spacial score (nSPS) is 14.3. The van der Waals surface area contributed by atoms with E-state index in [9.17, 15) is 91.1 Å². The van der Waals surface area contributed by atoms with Crippen molar-refractivity contribution < 1.29 is 71.9 Å². The van der Waals surface area contributed by atoms with Crippen molar-refractivity contribution in [2.75, 3.05) is 0 Å². The first kappa shape index (κ1) is 102. The van der Waals surface area contributed by atoms with Crippen molar-refractivity contribution in [2.45, 2.75) is 0 Å². The number of nitrogens with zero attached hydrogens (tertiary/aromatic N) is 34. The van der Waals surface area contributed by atoms with E-state index in [2.05, 4.69) is 83.1 Å². The lowest BCUT2D eigenvalue weighted by molar-refractivity contribution is -0.158. The number of Topliss-reactive ketones (excluding diaryl/α,β-unsaturated/α-hetero) is 15. The minimum absolute atomic E-state index is 0.237. The summed E-state index contributed by atoms with van der Waals surface area (Å²) in [5.74, 6) is -15.1. The first-order valence-corrected chi connectivity index (χ1v) is 30.3.